The Bertz CT molecular complexity index is 777. The van der Waals surface area contributed by atoms with Gasteiger partial charge in [0, 0.05) is 37.3 Å². The van der Waals surface area contributed by atoms with E-state index in [0.29, 0.717) is 36.2 Å². The van der Waals surface area contributed by atoms with Gasteiger partial charge in [0.05, 0.1) is 0 Å². The number of nitrogens with one attached hydrogen (secondary N) is 1. The SMILES string of the molecule is CCC[C@H]1[C@H]2C[C@H](CN(C(=O)Nc3c(C)cccc3CC)C2)[C@@H]2CCCC(=O)N21. The second kappa shape index (κ2) is 8.37. The number of hydrogen-bond donors (Lipinski definition) is 1. The summed E-state index contributed by atoms with van der Waals surface area (Å²) in [6, 6.07) is 6.85. The summed E-state index contributed by atoms with van der Waals surface area (Å²) in [6.45, 7) is 7.91. The highest BCUT2D eigenvalue weighted by atomic mass is 16.2. The standard InChI is InChI=1S/C24H35N3O2/c1-4-8-20-18-13-19(21-11-7-12-22(28)27(20)21)15-26(14-18)24(29)25-23-16(3)9-6-10-17(23)5-2/h6,9-10,18-21H,4-5,7-8,11-15H2,1-3H3,(H,25,29)/t18-,19+,20-,21-/m0/s1. The molecule has 0 aromatic heterocycles. The Labute approximate surface area is 174 Å². The maximum absolute atomic E-state index is 13.2. The van der Waals surface area contributed by atoms with Crippen molar-refractivity contribution in [2.45, 2.75) is 77.8 Å². The van der Waals surface area contributed by atoms with Crippen LogP contribution in [0.2, 0.25) is 0 Å². The zero-order valence-electron chi connectivity index (χ0n) is 18.1. The van der Waals surface area contributed by atoms with E-state index in [9.17, 15) is 9.59 Å². The molecule has 3 aliphatic heterocycles. The first-order valence-corrected chi connectivity index (χ1v) is 11.5. The van der Waals surface area contributed by atoms with E-state index in [1.54, 1.807) is 0 Å². The summed E-state index contributed by atoms with van der Waals surface area (Å²) in [6.07, 6.45) is 6.98. The highest BCUT2D eigenvalue weighted by molar-refractivity contribution is 5.91. The molecule has 0 saturated carbocycles. The first-order chi connectivity index (χ1) is 14.0. The molecule has 3 heterocycles. The molecular weight excluding hydrogens is 362 g/mol. The predicted molar refractivity (Wildman–Crippen MR) is 116 cm³/mol. The van der Waals surface area contributed by atoms with Crippen molar-refractivity contribution in [3.63, 3.8) is 0 Å². The van der Waals surface area contributed by atoms with Crippen molar-refractivity contribution >= 4 is 17.6 Å². The summed E-state index contributed by atoms with van der Waals surface area (Å²) in [5, 5.41) is 3.22. The minimum Gasteiger partial charge on any atom is -0.336 e. The van der Waals surface area contributed by atoms with Crippen LogP contribution in [-0.4, -0.2) is 46.9 Å². The molecule has 1 aromatic carbocycles. The highest BCUT2D eigenvalue weighted by Gasteiger charge is 2.49. The highest BCUT2D eigenvalue weighted by Crippen LogP contribution is 2.43. The number of aryl methyl sites for hydroxylation is 2. The van der Waals surface area contributed by atoms with E-state index in [1.807, 2.05) is 4.90 Å². The second-order valence-corrected chi connectivity index (χ2v) is 9.17. The van der Waals surface area contributed by atoms with Crippen molar-refractivity contribution in [2.24, 2.45) is 11.8 Å². The number of anilines is 1. The Hall–Kier alpha value is -2.04. The number of carbonyl (C=O) groups is 2. The normalized spacial score (nSPS) is 28.9. The first-order valence-electron chi connectivity index (χ1n) is 11.5. The van der Waals surface area contributed by atoms with Crippen LogP contribution in [0, 0.1) is 18.8 Å². The van der Waals surface area contributed by atoms with Gasteiger partial charge in [-0.2, -0.15) is 0 Å². The smallest absolute Gasteiger partial charge is 0.321 e. The summed E-state index contributed by atoms with van der Waals surface area (Å²) in [5.41, 5.74) is 3.27. The average Bonchev–Trinajstić information content (AvgIpc) is 2.72. The van der Waals surface area contributed by atoms with Crippen LogP contribution in [0.3, 0.4) is 0 Å². The van der Waals surface area contributed by atoms with Crippen LogP contribution in [0.15, 0.2) is 18.2 Å². The number of fused-ring (bicyclic) bond motifs is 4. The lowest BCUT2D eigenvalue weighted by Crippen LogP contribution is -2.65. The van der Waals surface area contributed by atoms with Gasteiger partial charge >= 0.3 is 6.03 Å². The number of carbonyl (C=O) groups excluding carboxylic acids is 2. The van der Waals surface area contributed by atoms with E-state index in [-0.39, 0.29) is 6.03 Å². The molecule has 3 saturated heterocycles. The fourth-order valence-corrected chi connectivity index (χ4v) is 6.00. The molecule has 0 unspecified atom stereocenters. The monoisotopic (exact) mass is 397 g/mol. The number of likely N-dealkylation sites (tertiary alicyclic amines) is 1. The van der Waals surface area contributed by atoms with Gasteiger partial charge in [-0.05, 0) is 62.0 Å². The number of para-hydroxylation sites is 1. The number of nitrogens with zero attached hydrogens (tertiary/aromatic N) is 2. The fourth-order valence-electron chi connectivity index (χ4n) is 6.00. The Morgan fingerprint density at radius 1 is 1.21 bits per heavy atom. The lowest BCUT2D eigenvalue weighted by Gasteiger charge is -2.56. The van der Waals surface area contributed by atoms with Gasteiger partial charge in [0.2, 0.25) is 5.91 Å². The van der Waals surface area contributed by atoms with Crippen molar-refractivity contribution in [2.75, 3.05) is 18.4 Å². The van der Waals surface area contributed by atoms with E-state index >= 15 is 0 Å². The molecule has 158 valence electrons. The number of hydrogen-bond acceptors (Lipinski definition) is 2. The molecule has 4 rings (SSSR count). The first kappa shape index (κ1) is 20.2. The zero-order chi connectivity index (χ0) is 20.5. The maximum atomic E-state index is 13.2. The van der Waals surface area contributed by atoms with Gasteiger partial charge in [0.15, 0.2) is 0 Å². The lowest BCUT2D eigenvalue weighted by atomic mass is 9.71. The minimum atomic E-state index is 0.0227. The van der Waals surface area contributed by atoms with Gasteiger partial charge in [-0.3, -0.25) is 4.79 Å². The zero-order valence-corrected chi connectivity index (χ0v) is 18.1. The van der Waals surface area contributed by atoms with E-state index < -0.39 is 0 Å². The Kier molecular flexibility index (Phi) is 5.84. The van der Waals surface area contributed by atoms with Gasteiger partial charge in [-0.1, -0.05) is 38.5 Å². The molecule has 0 spiro atoms. The lowest BCUT2D eigenvalue weighted by molar-refractivity contribution is -0.151. The molecule has 0 radical (unpaired) electrons. The number of benzene rings is 1. The van der Waals surface area contributed by atoms with Crippen molar-refractivity contribution < 1.29 is 9.59 Å². The number of rotatable bonds is 4. The van der Waals surface area contributed by atoms with E-state index in [4.69, 9.17) is 0 Å². The fraction of sp³-hybridized carbons (Fsp3) is 0.667. The molecule has 3 amide bonds. The van der Waals surface area contributed by atoms with Crippen LogP contribution in [-0.2, 0) is 11.2 Å². The van der Waals surface area contributed by atoms with Crippen LogP contribution in [0.5, 0.6) is 0 Å². The van der Waals surface area contributed by atoms with Gasteiger partial charge in [-0.15, -0.1) is 0 Å². The van der Waals surface area contributed by atoms with Crippen LogP contribution in [0.25, 0.3) is 0 Å². The van der Waals surface area contributed by atoms with E-state index in [2.05, 4.69) is 49.2 Å². The van der Waals surface area contributed by atoms with Crippen LogP contribution in [0.1, 0.15) is 63.5 Å². The predicted octanol–water partition coefficient (Wildman–Crippen LogP) is 4.59. The molecule has 3 fully saturated rings. The van der Waals surface area contributed by atoms with Crippen molar-refractivity contribution in [1.29, 1.82) is 0 Å². The van der Waals surface area contributed by atoms with Crippen LogP contribution >= 0.6 is 0 Å². The summed E-state index contributed by atoms with van der Waals surface area (Å²) in [5.74, 6) is 1.17. The van der Waals surface area contributed by atoms with Gasteiger partial charge < -0.3 is 15.1 Å². The molecule has 0 aliphatic carbocycles. The number of urea groups is 1. The number of amides is 3. The van der Waals surface area contributed by atoms with Crippen LogP contribution < -0.4 is 5.32 Å². The van der Waals surface area contributed by atoms with Crippen LogP contribution in [0.4, 0.5) is 10.5 Å². The molecule has 5 nitrogen and oxygen atoms in total. The summed E-state index contributed by atoms with van der Waals surface area (Å²) >= 11 is 0. The van der Waals surface area contributed by atoms with Crippen molar-refractivity contribution in [3.8, 4) is 0 Å². The second-order valence-electron chi connectivity index (χ2n) is 9.17. The topological polar surface area (TPSA) is 52.7 Å². The summed E-state index contributed by atoms with van der Waals surface area (Å²) in [4.78, 5) is 30.3. The molecule has 2 bridgehead atoms. The quantitative estimate of drug-likeness (QED) is 0.808. The third-order valence-electron chi connectivity index (χ3n) is 7.34. The summed E-state index contributed by atoms with van der Waals surface area (Å²) < 4.78 is 0. The van der Waals surface area contributed by atoms with Crippen molar-refractivity contribution in [3.05, 3.63) is 29.3 Å². The van der Waals surface area contributed by atoms with E-state index in [1.165, 1.54) is 5.56 Å². The largest absolute Gasteiger partial charge is 0.336 e. The average molecular weight is 398 g/mol. The number of piperidine rings is 3. The molecule has 3 aliphatic rings. The van der Waals surface area contributed by atoms with Gasteiger partial charge in [0.25, 0.3) is 0 Å². The third-order valence-corrected chi connectivity index (χ3v) is 7.34. The molecule has 5 heteroatoms. The molecule has 1 aromatic rings. The maximum Gasteiger partial charge on any atom is 0.321 e. The van der Waals surface area contributed by atoms with Crippen molar-refractivity contribution in [1.82, 2.24) is 9.80 Å². The Balaban J connectivity index is 1.54. The van der Waals surface area contributed by atoms with E-state index in [0.717, 1.165) is 62.9 Å². The minimum absolute atomic E-state index is 0.0227. The molecule has 1 N–H and O–H groups in total. The van der Waals surface area contributed by atoms with Gasteiger partial charge in [0.1, 0.15) is 0 Å². The molecular formula is C24H35N3O2. The molecule has 4 atom stereocenters. The molecule has 29 heavy (non-hydrogen) atoms. The third kappa shape index (κ3) is 3.76. The Morgan fingerprint density at radius 3 is 2.76 bits per heavy atom. The Morgan fingerprint density at radius 2 is 2.00 bits per heavy atom. The van der Waals surface area contributed by atoms with Gasteiger partial charge in [-0.25, -0.2) is 4.79 Å². The summed E-state index contributed by atoms with van der Waals surface area (Å²) in [7, 11) is 0.